The number of aromatic nitrogens is 2. The molecule has 0 radical (unpaired) electrons. The first-order valence-corrected chi connectivity index (χ1v) is 8.40. The molecule has 0 spiro atoms. The Kier molecular flexibility index (Phi) is 3.91. The van der Waals surface area contributed by atoms with Gasteiger partial charge in [-0.05, 0) is 61.7 Å². The molecule has 122 valence electrons. The monoisotopic (exact) mass is 320 g/mol. The predicted octanol–water partition coefficient (Wildman–Crippen LogP) is 3.58. The van der Waals surface area contributed by atoms with Crippen LogP contribution < -0.4 is 10.2 Å². The number of carbonyl (C=O) groups excluding carboxylic acids is 1. The molecule has 0 saturated carbocycles. The highest BCUT2D eigenvalue weighted by Gasteiger charge is 2.13. The number of fused-ring (bicyclic) bond motifs is 1. The van der Waals surface area contributed by atoms with Crippen molar-refractivity contribution in [1.82, 2.24) is 9.61 Å². The molecule has 1 saturated heterocycles. The van der Waals surface area contributed by atoms with Gasteiger partial charge in [-0.2, -0.15) is 5.10 Å². The zero-order chi connectivity index (χ0) is 16.4. The number of rotatable bonds is 3. The van der Waals surface area contributed by atoms with Crippen LogP contribution in [0.3, 0.4) is 0 Å². The van der Waals surface area contributed by atoms with E-state index < -0.39 is 0 Å². The van der Waals surface area contributed by atoms with Crippen molar-refractivity contribution in [3.63, 3.8) is 0 Å². The lowest BCUT2D eigenvalue weighted by molar-refractivity contribution is 0.102. The molecule has 0 bridgehead atoms. The van der Waals surface area contributed by atoms with Crippen molar-refractivity contribution in [3.8, 4) is 0 Å². The van der Waals surface area contributed by atoms with Crippen LogP contribution in [0.2, 0.25) is 0 Å². The number of piperidine rings is 1. The van der Waals surface area contributed by atoms with Gasteiger partial charge < -0.3 is 10.2 Å². The summed E-state index contributed by atoms with van der Waals surface area (Å²) in [6.45, 7) is 2.24. The number of pyridine rings is 1. The molecular formula is C19H20N4O. The molecule has 2 aromatic heterocycles. The van der Waals surface area contributed by atoms with Crippen LogP contribution in [0.15, 0.2) is 54.7 Å². The molecule has 0 aliphatic carbocycles. The zero-order valence-corrected chi connectivity index (χ0v) is 13.5. The topological polar surface area (TPSA) is 49.6 Å². The minimum absolute atomic E-state index is 0.190. The van der Waals surface area contributed by atoms with Crippen molar-refractivity contribution in [2.24, 2.45) is 0 Å². The first-order chi connectivity index (χ1) is 11.8. The molecular weight excluding hydrogens is 300 g/mol. The molecule has 24 heavy (non-hydrogen) atoms. The summed E-state index contributed by atoms with van der Waals surface area (Å²) < 4.78 is 1.70. The number of nitrogens with one attached hydrogen (secondary N) is 1. The maximum atomic E-state index is 12.4. The number of anilines is 2. The Morgan fingerprint density at radius 1 is 1.00 bits per heavy atom. The minimum atomic E-state index is -0.190. The Hall–Kier alpha value is -2.82. The Balaban J connectivity index is 1.47. The summed E-state index contributed by atoms with van der Waals surface area (Å²) in [5.41, 5.74) is 3.34. The van der Waals surface area contributed by atoms with E-state index in [0.717, 1.165) is 24.3 Å². The minimum Gasteiger partial charge on any atom is -0.372 e. The SMILES string of the molecule is O=C(Nc1ccc(N2CCCCC2)cc1)c1cc2ccccn2n1. The number of amides is 1. The van der Waals surface area contributed by atoms with Crippen molar-refractivity contribution in [2.45, 2.75) is 19.3 Å². The molecule has 3 heterocycles. The number of benzene rings is 1. The first-order valence-electron chi connectivity index (χ1n) is 8.40. The van der Waals surface area contributed by atoms with Crippen LogP contribution in [0, 0.1) is 0 Å². The predicted molar refractivity (Wildman–Crippen MR) is 95.7 cm³/mol. The first kappa shape index (κ1) is 14.8. The third-order valence-electron chi connectivity index (χ3n) is 4.45. The van der Waals surface area contributed by atoms with Crippen LogP contribution in [-0.2, 0) is 0 Å². The van der Waals surface area contributed by atoms with Gasteiger partial charge in [-0.25, -0.2) is 4.52 Å². The van der Waals surface area contributed by atoms with Gasteiger partial charge in [0.15, 0.2) is 5.69 Å². The zero-order valence-electron chi connectivity index (χ0n) is 13.5. The van der Waals surface area contributed by atoms with Crippen LogP contribution in [0.5, 0.6) is 0 Å². The smallest absolute Gasteiger partial charge is 0.276 e. The summed E-state index contributed by atoms with van der Waals surface area (Å²) in [5.74, 6) is -0.190. The van der Waals surface area contributed by atoms with Crippen molar-refractivity contribution < 1.29 is 4.79 Å². The van der Waals surface area contributed by atoms with Gasteiger partial charge in [0.25, 0.3) is 5.91 Å². The summed E-state index contributed by atoms with van der Waals surface area (Å²) in [6, 6.07) is 15.6. The Morgan fingerprint density at radius 2 is 1.79 bits per heavy atom. The molecule has 1 aliphatic heterocycles. The number of hydrogen-bond acceptors (Lipinski definition) is 3. The summed E-state index contributed by atoms with van der Waals surface area (Å²) in [6.07, 6.45) is 5.67. The fourth-order valence-electron chi connectivity index (χ4n) is 3.15. The second-order valence-corrected chi connectivity index (χ2v) is 6.15. The normalized spacial score (nSPS) is 14.8. The fourth-order valence-corrected chi connectivity index (χ4v) is 3.15. The molecule has 3 aromatic rings. The largest absolute Gasteiger partial charge is 0.372 e. The molecule has 1 N–H and O–H groups in total. The summed E-state index contributed by atoms with van der Waals surface area (Å²) >= 11 is 0. The number of carbonyl (C=O) groups is 1. The highest BCUT2D eigenvalue weighted by atomic mass is 16.1. The molecule has 0 atom stereocenters. The van der Waals surface area contributed by atoms with Gasteiger partial charge in [0, 0.05) is 30.7 Å². The highest BCUT2D eigenvalue weighted by molar-refractivity contribution is 6.03. The van der Waals surface area contributed by atoms with E-state index in [9.17, 15) is 4.79 Å². The third kappa shape index (κ3) is 2.97. The van der Waals surface area contributed by atoms with Gasteiger partial charge in [0.1, 0.15) is 0 Å². The Labute approximate surface area is 140 Å². The average molecular weight is 320 g/mol. The maximum Gasteiger partial charge on any atom is 0.276 e. The van der Waals surface area contributed by atoms with Gasteiger partial charge in [0.05, 0.1) is 5.52 Å². The van der Waals surface area contributed by atoms with Crippen LogP contribution in [0.25, 0.3) is 5.52 Å². The quantitative estimate of drug-likeness (QED) is 0.802. The maximum absolute atomic E-state index is 12.4. The molecule has 0 unspecified atom stereocenters. The fraction of sp³-hybridized carbons (Fsp3) is 0.263. The standard InChI is InChI=1S/C19H20N4O/c24-19(18-14-17-6-2-5-13-23(17)21-18)20-15-7-9-16(10-8-15)22-11-3-1-4-12-22/h2,5-10,13-14H,1,3-4,11-12H2,(H,20,24). The van der Waals surface area contributed by atoms with Gasteiger partial charge in [-0.15, -0.1) is 0 Å². The lowest BCUT2D eigenvalue weighted by Crippen LogP contribution is -2.29. The molecule has 5 nitrogen and oxygen atoms in total. The summed E-state index contributed by atoms with van der Waals surface area (Å²) in [7, 11) is 0. The molecule has 5 heteroatoms. The second kappa shape index (κ2) is 6.35. The molecule has 1 aromatic carbocycles. The van der Waals surface area contributed by atoms with E-state index >= 15 is 0 Å². The number of hydrogen-bond donors (Lipinski definition) is 1. The molecule has 1 aliphatic rings. The van der Waals surface area contributed by atoms with E-state index in [-0.39, 0.29) is 5.91 Å². The van der Waals surface area contributed by atoms with E-state index in [2.05, 4.69) is 27.4 Å². The van der Waals surface area contributed by atoms with Crippen LogP contribution in [-0.4, -0.2) is 28.6 Å². The van der Waals surface area contributed by atoms with Crippen molar-refractivity contribution in [3.05, 3.63) is 60.4 Å². The van der Waals surface area contributed by atoms with Gasteiger partial charge in [0.2, 0.25) is 0 Å². The lowest BCUT2D eigenvalue weighted by Gasteiger charge is -2.28. The van der Waals surface area contributed by atoms with Crippen LogP contribution in [0.4, 0.5) is 11.4 Å². The summed E-state index contributed by atoms with van der Waals surface area (Å²) in [5, 5.41) is 7.21. The van der Waals surface area contributed by atoms with Crippen molar-refractivity contribution >= 4 is 22.8 Å². The summed E-state index contributed by atoms with van der Waals surface area (Å²) in [4.78, 5) is 14.8. The van der Waals surface area contributed by atoms with Crippen LogP contribution >= 0.6 is 0 Å². The van der Waals surface area contributed by atoms with E-state index in [0.29, 0.717) is 5.69 Å². The molecule has 1 fully saturated rings. The second-order valence-electron chi connectivity index (χ2n) is 6.15. The van der Waals surface area contributed by atoms with Gasteiger partial charge in [-0.1, -0.05) is 6.07 Å². The van der Waals surface area contributed by atoms with E-state index in [4.69, 9.17) is 0 Å². The average Bonchev–Trinajstić information content (AvgIpc) is 3.07. The van der Waals surface area contributed by atoms with Crippen LogP contribution in [0.1, 0.15) is 29.8 Å². The van der Waals surface area contributed by atoms with E-state index in [1.165, 1.54) is 24.9 Å². The molecule has 1 amide bonds. The van der Waals surface area contributed by atoms with Crippen molar-refractivity contribution in [1.29, 1.82) is 0 Å². The van der Waals surface area contributed by atoms with E-state index in [1.807, 2.05) is 36.5 Å². The Bertz CT molecular complexity index is 814. The van der Waals surface area contributed by atoms with Gasteiger partial charge in [-0.3, -0.25) is 4.79 Å². The molecule has 4 rings (SSSR count). The highest BCUT2D eigenvalue weighted by Crippen LogP contribution is 2.22. The number of nitrogens with zero attached hydrogens (tertiary/aromatic N) is 3. The third-order valence-corrected chi connectivity index (χ3v) is 4.45. The Morgan fingerprint density at radius 3 is 2.54 bits per heavy atom. The lowest BCUT2D eigenvalue weighted by atomic mass is 10.1. The van der Waals surface area contributed by atoms with Gasteiger partial charge >= 0.3 is 0 Å². The van der Waals surface area contributed by atoms with E-state index in [1.54, 1.807) is 10.6 Å². The van der Waals surface area contributed by atoms with Crippen molar-refractivity contribution in [2.75, 3.05) is 23.3 Å².